The van der Waals surface area contributed by atoms with Crippen molar-refractivity contribution in [2.24, 2.45) is 5.73 Å². The van der Waals surface area contributed by atoms with Crippen LogP contribution in [0.2, 0.25) is 0 Å². The fourth-order valence-electron chi connectivity index (χ4n) is 0.569. The molecule has 0 amide bonds. The fraction of sp³-hybridized carbons (Fsp3) is 1.00. The molecular formula is C6H14NO4P. The van der Waals surface area contributed by atoms with Gasteiger partial charge in [0.15, 0.2) is 0 Å². The standard InChI is InChI=1S/C6H14NO4P/c7-2-1-3-10-4-6(8)5-11-12-9/h6,8H,1-5,7H2. The SMILES string of the molecule is NCCCOCC(O)COP=O. The van der Waals surface area contributed by atoms with Crippen molar-refractivity contribution in [1.29, 1.82) is 0 Å². The van der Waals surface area contributed by atoms with Gasteiger partial charge in [-0.2, -0.15) is 0 Å². The summed E-state index contributed by atoms with van der Waals surface area (Å²) in [6.45, 7) is 1.32. The minimum Gasteiger partial charge on any atom is -0.388 e. The molecular weight excluding hydrogens is 181 g/mol. The van der Waals surface area contributed by atoms with Crippen LogP contribution in [0.15, 0.2) is 0 Å². The molecule has 5 nitrogen and oxygen atoms in total. The second-order valence-electron chi connectivity index (χ2n) is 2.24. The maximum Gasteiger partial charge on any atom is 0.327 e. The quantitative estimate of drug-likeness (QED) is 0.418. The van der Waals surface area contributed by atoms with Crippen LogP contribution in [0, 0.1) is 0 Å². The first-order valence-corrected chi connectivity index (χ1v) is 4.44. The van der Waals surface area contributed by atoms with Crippen LogP contribution < -0.4 is 5.73 Å². The van der Waals surface area contributed by atoms with Crippen LogP contribution in [0.3, 0.4) is 0 Å². The largest absolute Gasteiger partial charge is 0.388 e. The van der Waals surface area contributed by atoms with Crippen LogP contribution in [-0.4, -0.2) is 37.6 Å². The number of aliphatic hydroxyl groups is 1. The van der Waals surface area contributed by atoms with E-state index in [-0.39, 0.29) is 13.2 Å². The third kappa shape index (κ3) is 8.04. The van der Waals surface area contributed by atoms with E-state index >= 15 is 0 Å². The Hall–Kier alpha value is -0.0600. The van der Waals surface area contributed by atoms with Gasteiger partial charge < -0.3 is 15.6 Å². The van der Waals surface area contributed by atoms with Crippen molar-refractivity contribution in [1.82, 2.24) is 0 Å². The first-order valence-electron chi connectivity index (χ1n) is 3.71. The summed E-state index contributed by atoms with van der Waals surface area (Å²) in [6.07, 6.45) is 0.0529. The summed E-state index contributed by atoms with van der Waals surface area (Å²) >= 11 is 0. The third-order valence-electron chi connectivity index (χ3n) is 1.12. The number of rotatable bonds is 8. The molecule has 0 saturated heterocycles. The molecule has 0 aromatic carbocycles. The van der Waals surface area contributed by atoms with Crippen LogP contribution in [0.4, 0.5) is 0 Å². The molecule has 0 bridgehead atoms. The first kappa shape index (κ1) is 11.9. The molecule has 3 N–H and O–H groups in total. The molecule has 0 aromatic rings. The van der Waals surface area contributed by atoms with Crippen LogP contribution in [0.1, 0.15) is 6.42 Å². The van der Waals surface area contributed by atoms with E-state index < -0.39 is 14.8 Å². The summed E-state index contributed by atoms with van der Waals surface area (Å²) < 4.78 is 19.2. The van der Waals surface area contributed by atoms with Crippen LogP contribution in [0.5, 0.6) is 0 Å². The van der Waals surface area contributed by atoms with E-state index in [0.29, 0.717) is 13.2 Å². The van der Waals surface area contributed by atoms with Crippen LogP contribution >= 0.6 is 8.69 Å². The van der Waals surface area contributed by atoms with Gasteiger partial charge in [-0.1, -0.05) is 0 Å². The van der Waals surface area contributed by atoms with Crippen LogP contribution in [0.25, 0.3) is 0 Å². The molecule has 12 heavy (non-hydrogen) atoms. The average Bonchev–Trinajstić information content (AvgIpc) is 2.09. The fourth-order valence-corrected chi connectivity index (χ4v) is 0.802. The highest BCUT2D eigenvalue weighted by Gasteiger charge is 2.03. The molecule has 1 unspecified atom stereocenters. The molecule has 6 heteroatoms. The van der Waals surface area contributed by atoms with Crippen LogP contribution in [-0.2, 0) is 13.8 Å². The van der Waals surface area contributed by atoms with E-state index in [0.717, 1.165) is 6.42 Å². The molecule has 0 saturated carbocycles. The van der Waals surface area contributed by atoms with Crippen molar-refractivity contribution in [3.63, 3.8) is 0 Å². The molecule has 0 heterocycles. The Labute approximate surface area is 73.1 Å². The molecule has 0 fully saturated rings. The molecule has 0 radical (unpaired) electrons. The summed E-state index contributed by atoms with van der Waals surface area (Å²) in [7, 11) is -0.421. The molecule has 0 aliphatic heterocycles. The van der Waals surface area contributed by atoms with Gasteiger partial charge >= 0.3 is 8.69 Å². The van der Waals surface area contributed by atoms with E-state index in [1.807, 2.05) is 0 Å². The zero-order valence-electron chi connectivity index (χ0n) is 6.81. The first-order chi connectivity index (χ1) is 5.81. The van der Waals surface area contributed by atoms with Crippen molar-refractivity contribution < 1.29 is 18.9 Å². The lowest BCUT2D eigenvalue weighted by molar-refractivity contribution is 0.0143. The normalized spacial score (nSPS) is 13.5. The smallest absolute Gasteiger partial charge is 0.327 e. The average molecular weight is 195 g/mol. The van der Waals surface area contributed by atoms with Crippen molar-refractivity contribution >= 4 is 8.69 Å². The van der Waals surface area contributed by atoms with Gasteiger partial charge in [0.05, 0.1) is 13.2 Å². The van der Waals surface area contributed by atoms with Gasteiger partial charge in [-0.25, -0.2) is 4.57 Å². The van der Waals surface area contributed by atoms with E-state index in [1.54, 1.807) is 0 Å². The maximum absolute atomic E-state index is 9.79. The number of nitrogens with two attached hydrogens (primary N) is 1. The lowest BCUT2D eigenvalue weighted by Gasteiger charge is -2.08. The summed E-state index contributed by atoms with van der Waals surface area (Å²) in [4.78, 5) is 0. The Morgan fingerprint density at radius 2 is 2.25 bits per heavy atom. The number of hydrogen-bond acceptors (Lipinski definition) is 5. The number of aliphatic hydroxyl groups excluding tert-OH is 1. The van der Waals surface area contributed by atoms with E-state index in [1.165, 1.54) is 0 Å². The van der Waals surface area contributed by atoms with Gasteiger partial charge in [0.25, 0.3) is 0 Å². The molecule has 0 rings (SSSR count). The topological polar surface area (TPSA) is 81.8 Å². The Morgan fingerprint density at radius 3 is 2.83 bits per heavy atom. The second kappa shape index (κ2) is 9.03. The van der Waals surface area contributed by atoms with Gasteiger partial charge in [-0.3, -0.25) is 4.52 Å². The van der Waals surface area contributed by atoms with Crippen molar-refractivity contribution in [2.75, 3.05) is 26.4 Å². The van der Waals surface area contributed by atoms with Gasteiger partial charge in [-0.05, 0) is 13.0 Å². The minimum absolute atomic E-state index is 0.0215. The molecule has 72 valence electrons. The summed E-state index contributed by atoms with van der Waals surface area (Å²) in [5.41, 5.74) is 5.22. The van der Waals surface area contributed by atoms with Crippen molar-refractivity contribution in [3.8, 4) is 0 Å². The summed E-state index contributed by atoms with van der Waals surface area (Å²) in [6, 6.07) is 0. The Morgan fingerprint density at radius 1 is 1.50 bits per heavy atom. The highest BCUT2D eigenvalue weighted by atomic mass is 31.1. The van der Waals surface area contributed by atoms with Gasteiger partial charge in [0.2, 0.25) is 0 Å². The molecule has 0 aromatic heterocycles. The number of ether oxygens (including phenoxy) is 1. The molecule has 0 aliphatic rings. The van der Waals surface area contributed by atoms with Gasteiger partial charge in [0, 0.05) is 6.61 Å². The Balaban J connectivity index is 3.07. The predicted molar refractivity (Wildman–Crippen MR) is 44.1 cm³/mol. The van der Waals surface area contributed by atoms with E-state index in [4.69, 9.17) is 15.6 Å². The van der Waals surface area contributed by atoms with E-state index in [9.17, 15) is 4.57 Å². The summed E-state index contributed by atoms with van der Waals surface area (Å²) in [5.74, 6) is 0. The maximum atomic E-state index is 9.79. The van der Waals surface area contributed by atoms with Gasteiger partial charge in [-0.15, -0.1) is 0 Å². The Kier molecular flexibility index (Phi) is 8.99. The molecule has 0 aliphatic carbocycles. The third-order valence-corrected chi connectivity index (χ3v) is 1.38. The number of hydrogen-bond donors (Lipinski definition) is 2. The zero-order valence-corrected chi connectivity index (χ0v) is 7.70. The van der Waals surface area contributed by atoms with Crippen molar-refractivity contribution in [2.45, 2.75) is 12.5 Å². The molecule has 0 spiro atoms. The zero-order chi connectivity index (χ0) is 9.23. The predicted octanol–water partition coefficient (Wildman–Crippen LogP) is -0.0640. The van der Waals surface area contributed by atoms with Gasteiger partial charge in [0.1, 0.15) is 6.10 Å². The lowest BCUT2D eigenvalue weighted by atomic mass is 10.4. The lowest BCUT2D eigenvalue weighted by Crippen LogP contribution is -2.20. The second-order valence-corrected chi connectivity index (χ2v) is 2.65. The summed E-state index contributed by atoms with van der Waals surface area (Å²) in [5, 5.41) is 9.06. The van der Waals surface area contributed by atoms with Crippen molar-refractivity contribution in [3.05, 3.63) is 0 Å². The monoisotopic (exact) mass is 195 g/mol. The highest BCUT2D eigenvalue weighted by molar-refractivity contribution is 7.17. The minimum atomic E-state index is -0.718. The highest BCUT2D eigenvalue weighted by Crippen LogP contribution is 1.96. The Bertz CT molecular complexity index is 114. The van der Waals surface area contributed by atoms with E-state index in [2.05, 4.69) is 4.52 Å². The molecule has 1 atom stereocenters.